The molecule has 114 valence electrons. The number of hydrogen-bond donors (Lipinski definition) is 3. The minimum absolute atomic E-state index is 0.0246. The van der Waals surface area contributed by atoms with Crippen molar-refractivity contribution in [2.24, 2.45) is 0 Å². The van der Waals surface area contributed by atoms with Gasteiger partial charge >= 0.3 is 5.97 Å². The average molecular weight is 285 g/mol. The van der Waals surface area contributed by atoms with Gasteiger partial charge in [-0.2, -0.15) is 0 Å². The summed E-state index contributed by atoms with van der Waals surface area (Å²) in [5.74, 6) is -1.53. The van der Waals surface area contributed by atoms with E-state index in [1.807, 2.05) is 13.8 Å². The van der Waals surface area contributed by atoms with E-state index in [0.717, 1.165) is 12.8 Å². The zero-order valence-electron chi connectivity index (χ0n) is 12.2. The summed E-state index contributed by atoms with van der Waals surface area (Å²) in [5.41, 5.74) is 0. The molecule has 20 heavy (non-hydrogen) atoms. The maximum atomic E-state index is 12.2. The molecule has 0 aromatic heterocycles. The fourth-order valence-electron chi connectivity index (χ4n) is 2.26. The maximum Gasteiger partial charge on any atom is 0.322 e. The third-order valence-electron chi connectivity index (χ3n) is 3.71. The van der Waals surface area contributed by atoms with Crippen LogP contribution in [-0.2, 0) is 14.4 Å². The summed E-state index contributed by atoms with van der Waals surface area (Å²) >= 11 is 0. The molecule has 2 unspecified atom stereocenters. The van der Waals surface area contributed by atoms with E-state index in [2.05, 4.69) is 10.6 Å². The van der Waals surface area contributed by atoms with Gasteiger partial charge in [0.05, 0.1) is 12.6 Å². The molecule has 2 amide bonds. The molecular formula is C13H23N3O4. The van der Waals surface area contributed by atoms with Gasteiger partial charge < -0.3 is 15.7 Å². The predicted octanol–water partition coefficient (Wildman–Crippen LogP) is -0.435. The number of carboxylic acid groups (broad SMARTS) is 1. The monoisotopic (exact) mass is 285 g/mol. The van der Waals surface area contributed by atoms with Crippen LogP contribution in [0, 0.1) is 0 Å². The van der Waals surface area contributed by atoms with Crippen LogP contribution in [0.2, 0.25) is 0 Å². The standard InChI is InChI=1S/C13H23N3O4/c1-4-9(5-2)15-12(18)8(3)16-7-11(17)14-6-10(16)13(19)20/h8-10H,4-7H2,1-3H3,(H,14,17)(H,15,18)(H,19,20). The molecule has 2 atom stereocenters. The van der Waals surface area contributed by atoms with Gasteiger partial charge in [-0.05, 0) is 19.8 Å². The van der Waals surface area contributed by atoms with Crippen molar-refractivity contribution in [3.63, 3.8) is 0 Å². The highest BCUT2D eigenvalue weighted by atomic mass is 16.4. The van der Waals surface area contributed by atoms with E-state index in [1.54, 1.807) is 6.92 Å². The maximum absolute atomic E-state index is 12.2. The zero-order valence-corrected chi connectivity index (χ0v) is 12.2. The number of hydrogen-bond acceptors (Lipinski definition) is 4. The van der Waals surface area contributed by atoms with Crippen molar-refractivity contribution in [3.05, 3.63) is 0 Å². The molecule has 7 heteroatoms. The van der Waals surface area contributed by atoms with Crippen LogP contribution in [0.4, 0.5) is 0 Å². The first-order valence-corrected chi connectivity index (χ1v) is 6.96. The molecule has 1 rings (SSSR count). The van der Waals surface area contributed by atoms with Crippen LogP contribution in [-0.4, -0.2) is 59.0 Å². The first kappa shape index (κ1) is 16.4. The van der Waals surface area contributed by atoms with Crippen molar-refractivity contribution in [2.45, 2.75) is 51.7 Å². The van der Waals surface area contributed by atoms with Crippen molar-refractivity contribution in [1.29, 1.82) is 0 Å². The number of rotatable bonds is 6. The molecule has 1 aliphatic heterocycles. The second kappa shape index (κ2) is 7.23. The Morgan fingerprint density at radius 2 is 2.05 bits per heavy atom. The third-order valence-corrected chi connectivity index (χ3v) is 3.71. The van der Waals surface area contributed by atoms with Crippen LogP contribution in [0.1, 0.15) is 33.6 Å². The Labute approximate surface area is 118 Å². The molecule has 0 spiro atoms. The van der Waals surface area contributed by atoms with Gasteiger partial charge in [-0.1, -0.05) is 13.8 Å². The number of carbonyl (C=O) groups is 3. The van der Waals surface area contributed by atoms with Gasteiger partial charge in [0.1, 0.15) is 6.04 Å². The molecule has 0 bridgehead atoms. The lowest BCUT2D eigenvalue weighted by atomic mass is 10.1. The first-order valence-electron chi connectivity index (χ1n) is 6.96. The van der Waals surface area contributed by atoms with Gasteiger partial charge in [0.2, 0.25) is 11.8 Å². The molecule has 1 fully saturated rings. The summed E-state index contributed by atoms with van der Waals surface area (Å²) in [6.07, 6.45) is 1.63. The molecular weight excluding hydrogens is 262 g/mol. The largest absolute Gasteiger partial charge is 0.480 e. The number of carbonyl (C=O) groups excluding carboxylic acids is 2. The molecule has 1 heterocycles. The second-order valence-electron chi connectivity index (χ2n) is 5.03. The van der Waals surface area contributed by atoms with Crippen LogP contribution in [0.15, 0.2) is 0 Å². The van der Waals surface area contributed by atoms with E-state index in [0.29, 0.717) is 0 Å². The summed E-state index contributed by atoms with van der Waals surface area (Å²) in [4.78, 5) is 36.2. The van der Waals surface area contributed by atoms with E-state index in [9.17, 15) is 19.5 Å². The van der Waals surface area contributed by atoms with Crippen molar-refractivity contribution >= 4 is 17.8 Å². The fourth-order valence-corrected chi connectivity index (χ4v) is 2.26. The Morgan fingerprint density at radius 1 is 1.45 bits per heavy atom. The molecule has 0 aromatic rings. The molecule has 0 radical (unpaired) electrons. The highest BCUT2D eigenvalue weighted by Crippen LogP contribution is 2.10. The Balaban J connectivity index is 2.75. The van der Waals surface area contributed by atoms with Gasteiger partial charge in [0.15, 0.2) is 0 Å². The Bertz CT molecular complexity index is 382. The van der Waals surface area contributed by atoms with Crippen LogP contribution in [0.25, 0.3) is 0 Å². The average Bonchev–Trinajstić information content (AvgIpc) is 2.43. The van der Waals surface area contributed by atoms with E-state index < -0.39 is 18.1 Å². The van der Waals surface area contributed by atoms with Crippen molar-refractivity contribution in [2.75, 3.05) is 13.1 Å². The van der Waals surface area contributed by atoms with Gasteiger partial charge in [-0.15, -0.1) is 0 Å². The van der Waals surface area contributed by atoms with E-state index in [1.165, 1.54) is 4.90 Å². The lowest BCUT2D eigenvalue weighted by Crippen LogP contribution is -2.63. The fraction of sp³-hybridized carbons (Fsp3) is 0.769. The van der Waals surface area contributed by atoms with Crippen LogP contribution in [0.3, 0.4) is 0 Å². The molecule has 0 aromatic carbocycles. The van der Waals surface area contributed by atoms with Crippen LogP contribution < -0.4 is 10.6 Å². The third kappa shape index (κ3) is 3.93. The zero-order chi connectivity index (χ0) is 15.3. The van der Waals surface area contributed by atoms with Crippen molar-refractivity contribution in [1.82, 2.24) is 15.5 Å². The topological polar surface area (TPSA) is 98.7 Å². The highest BCUT2D eigenvalue weighted by Gasteiger charge is 2.37. The summed E-state index contributed by atoms with van der Waals surface area (Å²) in [6, 6.07) is -1.44. The van der Waals surface area contributed by atoms with Gasteiger partial charge in [0, 0.05) is 12.6 Å². The number of nitrogens with one attached hydrogen (secondary N) is 2. The molecule has 0 saturated carbocycles. The summed E-state index contributed by atoms with van der Waals surface area (Å²) < 4.78 is 0. The minimum Gasteiger partial charge on any atom is -0.480 e. The number of aliphatic carboxylic acids is 1. The van der Waals surface area contributed by atoms with E-state index in [-0.39, 0.29) is 30.9 Å². The SMILES string of the molecule is CCC(CC)NC(=O)C(C)N1CC(=O)NCC1C(=O)O. The lowest BCUT2D eigenvalue weighted by Gasteiger charge is -2.36. The van der Waals surface area contributed by atoms with Gasteiger partial charge in [0.25, 0.3) is 0 Å². The number of carboxylic acids is 1. The van der Waals surface area contributed by atoms with Crippen LogP contribution in [0.5, 0.6) is 0 Å². The first-order chi connectivity index (χ1) is 9.40. The minimum atomic E-state index is -1.04. The summed E-state index contributed by atoms with van der Waals surface area (Å²) in [5, 5.41) is 14.6. The van der Waals surface area contributed by atoms with Crippen LogP contribution >= 0.6 is 0 Å². The normalized spacial score (nSPS) is 21.4. The summed E-state index contributed by atoms with van der Waals surface area (Å²) in [6.45, 7) is 5.54. The Hall–Kier alpha value is -1.63. The Morgan fingerprint density at radius 3 is 2.55 bits per heavy atom. The van der Waals surface area contributed by atoms with Crippen molar-refractivity contribution < 1.29 is 19.5 Å². The number of amides is 2. The quantitative estimate of drug-likeness (QED) is 0.615. The molecule has 1 saturated heterocycles. The van der Waals surface area contributed by atoms with Gasteiger partial charge in [-0.3, -0.25) is 19.3 Å². The molecule has 0 aliphatic carbocycles. The molecule has 1 aliphatic rings. The molecule has 3 N–H and O–H groups in total. The summed E-state index contributed by atoms with van der Waals surface area (Å²) in [7, 11) is 0. The number of nitrogens with zero attached hydrogens (tertiary/aromatic N) is 1. The van der Waals surface area contributed by atoms with Crippen molar-refractivity contribution in [3.8, 4) is 0 Å². The Kier molecular flexibility index (Phi) is 5.94. The highest BCUT2D eigenvalue weighted by molar-refractivity contribution is 5.87. The number of piperazine rings is 1. The predicted molar refractivity (Wildman–Crippen MR) is 73.1 cm³/mol. The van der Waals surface area contributed by atoms with E-state index in [4.69, 9.17) is 0 Å². The molecule has 7 nitrogen and oxygen atoms in total. The lowest BCUT2D eigenvalue weighted by molar-refractivity contribution is -0.148. The van der Waals surface area contributed by atoms with Gasteiger partial charge in [-0.25, -0.2) is 0 Å². The smallest absolute Gasteiger partial charge is 0.322 e. The van der Waals surface area contributed by atoms with E-state index >= 15 is 0 Å². The second-order valence-corrected chi connectivity index (χ2v) is 5.03.